The van der Waals surface area contributed by atoms with Gasteiger partial charge in [0.2, 0.25) is 0 Å². The Bertz CT molecular complexity index is 313. The lowest BCUT2D eigenvalue weighted by molar-refractivity contribution is 0.0129. The maximum atomic E-state index is 10.1. The summed E-state index contributed by atoms with van der Waals surface area (Å²) < 4.78 is 1.92. The van der Waals surface area contributed by atoms with Gasteiger partial charge in [-0.1, -0.05) is 13.8 Å². The summed E-state index contributed by atoms with van der Waals surface area (Å²) in [5.41, 5.74) is 0.290. The third-order valence-electron chi connectivity index (χ3n) is 2.98. The highest BCUT2D eigenvalue weighted by atomic mass is 16.3. The Labute approximate surface area is 92.1 Å². The van der Waals surface area contributed by atoms with Gasteiger partial charge in [0.1, 0.15) is 0 Å². The zero-order valence-corrected chi connectivity index (χ0v) is 10.4. The van der Waals surface area contributed by atoms with Crippen LogP contribution in [-0.2, 0) is 6.42 Å². The molecule has 1 unspecified atom stereocenters. The van der Waals surface area contributed by atoms with Crippen molar-refractivity contribution in [1.29, 1.82) is 0 Å². The minimum atomic E-state index is -0.670. The summed E-state index contributed by atoms with van der Waals surface area (Å²) in [7, 11) is 0. The standard InChI is InChI=1S/C12H22N2O/c1-9(2)12(5,15)8-11-6-7-14(13-11)10(3)4/h6-7,9-10,15H,8H2,1-5H3. The van der Waals surface area contributed by atoms with E-state index in [4.69, 9.17) is 0 Å². The quantitative estimate of drug-likeness (QED) is 0.828. The van der Waals surface area contributed by atoms with Crippen LogP contribution in [-0.4, -0.2) is 20.5 Å². The summed E-state index contributed by atoms with van der Waals surface area (Å²) in [6.07, 6.45) is 2.58. The van der Waals surface area contributed by atoms with Crippen LogP contribution in [0.3, 0.4) is 0 Å². The first-order chi connectivity index (χ1) is 6.83. The lowest BCUT2D eigenvalue weighted by Crippen LogP contribution is -2.33. The largest absolute Gasteiger partial charge is 0.390 e. The van der Waals surface area contributed by atoms with Crippen LogP contribution in [0.15, 0.2) is 12.3 Å². The molecule has 0 spiro atoms. The highest BCUT2D eigenvalue weighted by Crippen LogP contribution is 2.21. The van der Waals surface area contributed by atoms with E-state index < -0.39 is 5.60 Å². The Morgan fingerprint density at radius 2 is 2.00 bits per heavy atom. The maximum absolute atomic E-state index is 10.1. The fourth-order valence-electron chi connectivity index (χ4n) is 1.33. The molecule has 1 N–H and O–H groups in total. The van der Waals surface area contributed by atoms with Gasteiger partial charge < -0.3 is 5.11 Å². The van der Waals surface area contributed by atoms with Crippen molar-refractivity contribution < 1.29 is 5.11 Å². The molecule has 0 saturated heterocycles. The second-order valence-electron chi connectivity index (χ2n) is 5.07. The summed E-state index contributed by atoms with van der Waals surface area (Å²) >= 11 is 0. The Morgan fingerprint density at radius 3 is 2.40 bits per heavy atom. The molecule has 3 heteroatoms. The van der Waals surface area contributed by atoms with Crippen LogP contribution in [0.4, 0.5) is 0 Å². The minimum Gasteiger partial charge on any atom is -0.390 e. The number of nitrogens with zero attached hydrogens (tertiary/aromatic N) is 2. The molecule has 1 heterocycles. The third-order valence-corrected chi connectivity index (χ3v) is 2.98. The molecule has 15 heavy (non-hydrogen) atoms. The lowest BCUT2D eigenvalue weighted by atomic mass is 9.88. The molecule has 0 aliphatic heterocycles. The second kappa shape index (κ2) is 4.35. The minimum absolute atomic E-state index is 0.238. The Hall–Kier alpha value is -0.830. The van der Waals surface area contributed by atoms with Gasteiger partial charge in [0.15, 0.2) is 0 Å². The number of aromatic nitrogens is 2. The highest BCUT2D eigenvalue weighted by molar-refractivity contribution is 5.04. The van der Waals surface area contributed by atoms with Gasteiger partial charge in [0, 0.05) is 18.7 Å². The van der Waals surface area contributed by atoms with E-state index in [9.17, 15) is 5.11 Å². The molecule has 0 radical (unpaired) electrons. The smallest absolute Gasteiger partial charge is 0.0698 e. The van der Waals surface area contributed by atoms with E-state index in [1.54, 1.807) is 0 Å². The third kappa shape index (κ3) is 3.06. The van der Waals surface area contributed by atoms with Gasteiger partial charge >= 0.3 is 0 Å². The second-order valence-corrected chi connectivity index (χ2v) is 5.07. The Morgan fingerprint density at radius 1 is 1.40 bits per heavy atom. The van der Waals surface area contributed by atoms with Crippen molar-refractivity contribution in [3.05, 3.63) is 18.0 Å². The highest BCUT2D eigenvalue weighted by Gasteiger charge is 2.26. The van der Waals surface area contributed by atoms with Gasteiger partial charge in [0.05, 0.1) is 11.3 Å². The van der Waals surface area contributed by atoms with Gasteiger partial charge in [-0.05, 0) is 32.8 Å². The van der Waals surface area contributed by atoms with Crippen molar-refractivity contribution in [2.75, 3.05) is 0 Å². The fraction of sp³-hybridized carbons (Fsp3) is 0.750. The van der Waals surface area contributed by atoms with Crippen molar-refractivity contribution in [2.45, 2.75) is 52.7 Å². The van der Waals surface area contributed by atoms with Gasteiger partial charge in [-0.2, -0.15) is 5.10 Å². The van der Waals surface area contributed by atoms with Crippen LogP contribution < -0.4 is 0 Å². The summed E-state index contributed by atoms with van der Waals surface area (Å²) in [5.74, 6) is 0.238. The summed E-state index contributed by atoms with van der Waals surface area (Å²) in [4.78, 5) is 0. The zero-order chi connectivity index (χ0) is 11.6. The lowest BCUT2D eigenvalue weighted by Gasteiger charge is -2.26. The van der Waals surface area contributed by atoms with Crippen LogP contribution >= 0.6 is 0 Å². The van der Waals surface area contributed by atoms with Crippen molar-refractivity contribution in [2.24, 2.45) is 5.92 Å². The van der Waals surface area contributed by atoms with E-state index in [1.165, 1.54) is 0 Å². The molecule has 86 valence electrons. The molecule has 0 amide bonds. The molecule has 3 nitrogen and oxygen atoms in total. The van der Waals surface area contributed by atoms with E-state index in [0.29, 0.717) is 12.5 Å². The van der Waals surface area contributed by atoms with Crippen LogP contribution in [0, 0.1) is 5.92 Å². The van der Waals surface area contributed by atoms with E-state index in [0.717, 1.165) is 5.69 Å². The van der Waals surface area contributed by atoms with Crippen LogP contribution in [0.2, 0.25) is 0 Å². The van der Waals surface area contributed by atoms with Crippen molar-refractivity contribution in [1.82, 2.24) is 9.78 Å². The number of rotatable bonds is 4. The Kier molecular flexibility index (Phi) is 3.55. The first kappa shape index (κ1) is 12.2. The molecule has 0 aromatic carbocycles. The van der Waals surface area contributed by atoms with Gasteiger partial charge in [-0.3, -0.25) is 4.68 Å². The molecule has 1 atom stereocenters. The number of hydrogen-bond acceptors (Lipinski definition) is 2. The van der Waals surface area contributed by atoms with Crippen molar-refractivity contribution in [3.8, 4) is 0 Å². The topological polar surface area (TPSA) is 38.0 Å². The van der Waals surface area contributed by atoms with E-state index in [-0.39, 0.29) is 5.92 Å². The molecule has 1 aromatic rings. The number of aliphatic hydroxyl groups is 1. The molecule has 0 aliphatic rings. The molecule has 1 aromatic heterocycles. The van der Waals surface area contributed by atoms with E-state index in [2.05, 4.69) is 18.9 Å². The average molecular weight is 210 g/mol. The first-order valence-corrected chi connectivity index (χ1v) is 5.59. The van der Waals surface area contributed by atoms with Crippen molar-refractivity contribution >= 4 is 0 Å². The number of hydrogen-bond donors (Lipinski definition) is 1. The van der Waals surface area contributed by atoms with Gasteiger partial charge in [-0.25, -0.2) is 0 Å². The van der Waals surface area contributed by atoms with Gasteiger partial charge in [0.25, 0.3) is 0 Å². The average Bonchev–Trinajstić information content (AvgIpc) is 2.51. The fourth-order valence-corrected chi connectivity index (χ4v) is 1.33. The summed E-state index contributed by atoms with van der Waals surface area (Å²) in [6.45, 7) is 10.1. The van der Waals surface area contributed by atoms with Crippen LogP contribution in [0.25, 0.3) is 0 Å². The predicted octanol–water partition coefficient (Wildman–Crippen LogP) is 2.41. The monoisotopic (exact) mass is 210 g/mol. The SMILES string of the molecule is CC(C)n1ccc(CC(C)(O)C(C)C)n1. The predicted molar refractivity (Wildman–Crippen MR) is 61.8 cm³/mol. The van der Waals surface area contributed by atoms with E-state index >= 15 is 0 Å². The van der Waals surface area contributed by atoms with Crippen molar-refractivity contribution in [3.63, 3.8) is 0 Å². The first-order valence-electron chi connectivity index (χ1n) is 5.59. The molecule has 1 rings (SSSR count). The summed E-state index contributed by atoms with van der Waals surface area (Å²) in [6, 6.07) is 2.36. The molecule has 0 aliphatic carbocycles. The summed E-state index contributed by atoms with van der Waals surface area (Å²) in [5, 5.41) is 14.6. The van der Waals surface area contributed by atoms with Gasteiger partial charge in [-0.15, -0.1) is 0 Å². The Balaban J connectivity index is 2.73. The molecular weight excluding hydrogens is 188 g/mol. The zero-order valence-electron chi connectivity index (χ0n) is 10.4. The maximum Gasteiger partial charge on any atom is 0.0698 e. The van der Waals surface area contributed by atoms with Crippen LogP contribution in [0.5, 0.6) is 0 Å². The molecule has 0 bridgehead atoms. The molecule has 0 fully saturated rings. The van der Waals surface area contributed by atoms with E-state index in [1.807, 2.05) is 37.7 Å². The molecule has 0 saturated carbocycles. The van der Waals surface area contributed by atoms with Crippen LogP contribution in [0.1, 0.15) is 46.4 Å². The molecular formula is C12H22N2O. The normalized spacial score (nSPS) is 16.0.